The number of benzene rings is 2. The number of hydrogen-bond acceptors (Lipinski definition) is 5. The summed E-state index contributed by atoms with van der Waals surface area (Å²) in [4.78, 5) is 15.3. The topological polar surface area (TPSA) is 56.8 Å². The maximum Gasteiger partial charge on any atom is 0.167 e. The molecule has 0 bridgehead atoms. The summed E-state index contributed by atoms with van der Waals surface area (Å²) in [6, 6.07) is 13.8. The summed E-state index contributed by atoms with van der Waals surface area (Å²) in [5.41, 5.74) is 1.21. The van der Waals surface area contributed by atoms with E-state index in [1.807, 2.05) is 30.3 Å². The molecule has 3 atom stereocenters. The Morgan fingerprint density at radius 2 is 1.77 bits per heavy atom. The van der Waals surface area contributed by atoms with E-state index < -0.39 is 5.54 Å². The van der Waals surface area contributed by atoms with Gasteiger partial charge < -0.3 is 19.5 Å². The number of thiocarbonyl (C=S) groups is 1. The molecule has 3 aliphatic rings. The van der Waals surface area contributed by atoms with Gasteiger partial charge >= 0.3 is 0 Å². The predicted octanol–water partition coefficient (Wildman–Crippen LogP) is 5.98. The van der Waals surface area contributed by atoms with Gasteiger partial charge in [0, 0.05) is 30.4 Å². The van der Waals surface area contributed by atoms with Crippen molar-refractivity contribution in [1.82, 2.24) is 5.32 Å². The first-order valence-electron chi connectivity index (χ1n) is 12.7. The monoisotopic (exact) mass is 493 g/mol. The van der Waals surface area contributed by atoms with Crippen LogP contribution in [0.3, 0.4) is 0 Å². The summed E-state index contributed by atoms with van der Waals surface area (Å²) in [6.45, 7) is 4.19. The molecular formula is C29H35NO4S. The molecule has 1 aliphatic heterocycles. The Kier molecular flexibility index (Phi) is 6.39. The molecular weight excluding hydrogens is 458 g/mol. The van der Waals surface area contributed by atoms with E-state index in [1.165, 1.54) is 5.56 Å². The Morgan fingerprint density at radius 3 is 2.46 bits per heavy atom. The van der Waals surface area contributed by atoms with Gasteiger partial charge in [-0.2, -0.15) is 0 Å². The van der Waals surface area contributed by atoms with Crippen LogP contribution in [0.4, 0.5) is 0 Å². The number of ether oxygens (including phenoxy) is 3. The molecule has 35 heavy (non-hydrogen) atoms. The summed E-state index contributed by atoms with van der Waals surface area (Å²) >= 11 is 5.89. The van der Waals surface area contributed by atoms with E-state index >= 15 is 0 Å². The molecule has 2 aromatic rings. The van der Waals surface area contributed by atoms with Gasteiger partial charge in [0.05, 0.1) is 18.2 Å². The smallest absolute Gasteiger partial charge is 0.167 e. The average Bonchev–Trinajstić information content (AvgIpc) is 3.12. The first kappa shape index (κ1) is 24.3. The molecule has 1 N–H and O–H groups in total. The van der Waals surface area contributed by atoms with E-state index in [0.717, 1.165) is 54.8 Å². The van der Waals surface area contributed by atoms with E-state index in [4.69, 9.17) is 26.4 Å². The summed E-state index contributed by atoms with van der Waals surface area (Å²) in [6.07, 6.45) is 5.66. The van der Waals surface area contributed by atoms with Gasteiger partial charge in [-0.1, -0.05) is 38.2 Å². The Balaban J connectivity index is 1.60. The summed E-state index contributed by atoms with van der Waals surface area (Å²) in [7, 11) is 3.43. The minimum atomic E-state index is -0.820. The van der Waals surface area contributed by atoms with E-state index in [9.17, 15) is 4.79 Å². The minimum absolute atomic E-state index is 0.0424. The molecule has 2 aromatic carbocycles. The van der Waals surface area contributed by atoms with Gasteiger partial charge in [-0.3, -0.25) is 4.79 Å². The van der Waals surface area contributed by atoms with Crippen LogP contribution < -0.4 is 14.8 Å². The molecule has 0 aromatic heterocycles. The lowest BCUT2D eigenvalue weighted by Gasteiger charge is -2.54. The van der Waals surface area contributed by atoms with Crippen LogP contribution in [-0.4, -0.2) is 31.1 Å². The van der Waals surface area contributed by atoms with Gasteiger partial charge in [0.15, 0.2) is 5.78 Å². The lowest BCUT2D eigenvalue weighted by atomic mass is 9.56. The molecule has 186 valence electrons. The Bertz CT molecular complexity index is 1140. The molecule has 1 saturated carbocycles. The van der Waals surface area contributed by atoms with Crippen molar-refractivity contribution >= 4 is 23.0 Å². The lowest BCUT2D eigenvalue weighted by molar-refractivity contribution is -0.140. The van der Waals surface area contributed by atoms with Crippen LogP contribution in [0.15, 0.2) is 42.5 Å². The third kappa shape index (κ3) is 3.77. The molecule has 5 rings (SSSR count). The van der Waals surface area contributed by atoms with Gasteiger partial charge in [0.2, 0.25) is 0 Å². The van der Waals surface area contributed by atoms with Crippen molar-refractivity contribution in [3.63, 3.8) is 0 Å². The maximum atomic E-state index is 14.5. The fourth-order valence-corrected chi connectivity index (χ4v) is 7.14. The number of fused-ring (bicyclic) bond motifs is 3. The second-order valence-corrected chi connectivity index (χ2v) is 10.8. The van der Waals surface area contributed by atoms with Crippen molar-refractivity contribution in [3.8, 4) is 17.2 Å². The van der Waals surface area contributed by atoms with Crippen molar-refractivity contribution in [2.45, 2.75) is 64.0 Å². The summed E-state index contributed by atoms with van der Waals surface area (Å²) in [5.74, 6) is 2.39. The number of carbonyl (C=O) groups excluding carboxylic acids is 1. The molecule has 1 heterocycles. The highest BCUT2D eigenvalue weighted by Gasteiger charge is 2.65. The highest BCUT2D eigenvalue weighted by molar-refractivity contribution is 7.80. The summed E-state index contributed by atoms with van der Waals surface area (Å²) < 4.78 is 17.3. The second kappa shape index (κ2) is 9.21. The number of rotatable bonds is 5. The SMILES string of the molecule is CCC1C(=O)C2(NC(=S)C1C)c1cc(Oc3cccc(OC)c3)ccc1CC21CCC(OC)CC1. The first-order chi connectivity index (χ1) is 16.9. The third-order valence-electron chi connectivity index (χ3n) is 8.78. The molecule has 6 heteroatoms. The summed E-state index contributed by atoms with van der Waals surface area (Å²) in [5, 5.41) is 3.68. The fourth-order valence-electron chi connectivity index (χ4n) is 6.82. The third-order valence-corrected chi connectivity index (χ3v) is 9.26. The van der Waals surface area contributed by atoms with Gasteiger partial charge in [0.1, 0.15) is 22.8 Å². The standard InChI is InChI=1S/C29H35NO4S/c1-5-24-18(2)27(35)30-29(26(24)31)25-16-23(34-22-8-6-7-21(15-22)33-4)10-9-19(25)17-28(29)13-11-20(32-3)12-14-28/h6-10,15-16,18,20,24H,5,11-14,17H2,1-4H3,(H,30,35). The van der Waals surface area contributed by atoms with Gasteiger partial charge in [-0.15, -0.1) is 0 Å². The minimum Gasteiger partial charge on any atom is -0.497 e. The zero-order valence-corrected chi connectivity index (χ0v) is 21.9. The number of carbonyl (C=O) groups is 1. The Labute approximate surface area is 213 Å². The number of methoxy groups -OCH3 is 2. The normalized spacial score (nSPS) is 31.9. The molecule has 0 amide bonds. The highest BCUT2D eigenvalue weighted by atomic mass is 32.1. The Morgan fingerprint density at radius 1 is 1.06 bits per heavy atom. The lowest BCUT2D eigenvalue weighted by Crippen LogP contribution is -2.67. The van der Waals surface area contributed by atoms with Crippen molar-refractivity contribution in [2.75, 3.05) is 14.2 Å². The number of Topliss-reactive ketones (excluding diaryl/α,β-unsaturated/α-hetero) is 1. The quantitative estimate of drug-likeness (QED) is 0.518. The van der Waals surface area contributed by atoms with E-state index in [2.05, 4.69) is 31.3 Å². The molecule has 2 aliphatic carbocycles. The van der Waals surface area contributed by atoms with Crippen LogP contribution in [0.1, 0.15) is 57.1 Å². The van der Waals surface area contributed by atoms with Crippen LogP contribution in [-0.2, 0) is 21.5 Å². The zero-order valence-electron chi connectivity index (χ0n) is 21.1. The number of ketones is 1. The molecule has 2 spiro atoms. The van der Waals surface area contributed by atoms with Crippen LogP contribution in [0.25, 0.3) is 0 Å². The fraction of sp³-hybridized carbons (Fsp3) is 0.517. The van der Waals surface area contributed by atoms with Crippen molar-refractivity contribution < 1.29 is 19.0 Å². The van der Waals surface area contributed by atoms with Gasteiger partial charge in [0.25, 0.3) is 0 Å². The van der Waals surface area contributed by atoms with E-state index in [1.54, 1.807) is 14.2 Å². The van der Waals surface area contributed by atoms with Gasteiger partial charge in [-0.05, 0) is 73.9 Å². The predicted molar refractivity (Wildman–Crippen MR) is 140 cm³/mol. The molecule has 5 nitrogen and oxygen atoms in total. The van der Waals surface area contributed by atoms with Crippen molar-refractivity contribution in [3.05, 3.63) is 53.6 Å². The van der Waals surface area contributed by atoms with E-state index in [0.29, 0.717) is 11.5 Å². The molecule has 0 radical (unpaired) electrons. The molecule has 3 unspecified atom stereocenters. The second-order valence-electron chi connectivity index (χ2n) is 10.4. The highest BCUT2D eigenvalue weighted by Crippen LogP contribution is 2.61. The molecule has 1 saturated heterocycles. The number of nitrogens with one attached hydrogen (secondary N) is 1. The zero-order chi connectivity index (χ0) is 24.8. The van der Waals surface area contributed by atoms with Crippen LogP contribution in [0, 0.1) is 17.3 Å². The van der Waals surface area contributed by atoms with Crippen LogP contribution in [0.5, 0.6) is 17.2 Å². The average molecular weight is 494 g/mol. The van der Waals surface area contributed by atoms with Crippen molar-refractivity contribution in [1.29, 1.82) is 0 Å². The number of hydrogen-bond donors (Lipinski definition) is 1. The van der Waals surface area contributed by atoms with Gasteiger partial charge in [-0.25, -0.2) is 0 Å². The first-order valence-corrected chi connectivity index (χ1v) is 13.1. The Hall–Kier alpha value is -2.44. The van der Waals surface area contributed by atoms with E-state index in [-0.39, 0.29) is 29.1 Å². The van der Waals surface area contributed by atoms with Crippen molar-refractivity contribution in [2.24, 2.45) is 17.3 Å². The molecule has 2 fully saturated rings. The van der Waals surface area contributed by atoms with Crippen LogP contribution in [0.2, 0.25) is 0 Å². The van der Waals surface area contributed by atoms with Crippen LogP contribution >= 0.6 is 12.2 Å². The largest absolute Gasteiger partial charge is 0.497 e. The number of piperidine rings is 1. The maximum absolute atomic E-state index is 14.5.